The lowest BCUT2D eigenvalue weighted by atomic mass is 10.1. The van der Waals surface area contributed by atoms with Gasteiger partial charge in [-0.2, -0.15) is 0 Å². The molecule has 274 valence electrons. The molecular formula is C45H37N3O6S. The van der Waals surface area contributed by atoms with Crippen LogP contribution in [0.25, 0.3) is 6.08 Å². The SMILES string of the molecule is O=C(Nc1cccc(SC(C(=O)Nc2ccc3c(c2)OCCO3)c2ccccc2)c1)/C(=C\c1ccc(OCc2ccccc2)cc1)NC(=O)c1ccccc1. The van der Waals surface area contributed by atoms with E-state index in [2.05, 4.69) is 16.0 Å². The number of benzene rings is 6. The Morgan fingerprint density at radius 2 is 1.35 bits per heavy atom. The van der Waals surface area contributed by atoms with Gasteiger partial charge in [0, 0.05) is 27.9 Å². The molecule has 55 heavy (non-hydrogen) atoms. The van der Waals surface area contributed by atoms with Crippen LogP contribution in [0.5, 0.6) is 17.2 Å². The van der Waals surface area contributed by atoms with Gasteiger partial charge in [0.2, 0.25) is 5.91 Å². The fourth-order valence-electron chi connectivity index (χ4n) is 5.72. The first-order valence-corrected chi connectivity index (χ1v) is 18.5. The van der Waals surface area contributed by atoms with Crippen LogP contribution in [0.4, 0.5) is 11.4 Å². The number of nitrogens with one attached hydrogen (secondary N) is 3. The van der Waals surface area contributed by atoms with E-state index in [1.807, 2.05) is 97.1 Å². The number of thioether (sulfide) groups is 1. The lowest BCUT2D eigenvalue weighted by Gasteiger charge is -2.20. The molecule has 6 aromatic carbocycles. The minimum absolute atomic E-state index is 0.0471. The van der Waals surface area contributed by atoms with Gasteiger partial charge in [-0.25, -0.2) is 0 Å². The highest BCUT2D eigenvalue weighted by atomic mass is 32.2. The standard InChI is InChI=1S/C45H37N3O6S/c49-43(34-15-8-3-9-16-34)48-39(27-31-19-22-37(23-20-31)54-30-32-11-4-1-5-12-32)44(50)46-35-17-10-18-38(28-35)55-42(33-13-6-2-7-14-33)45(51)47-36-21-24-40-41(29-36)53-26-25-52-40/h1-24,27-29,42H,25-26,30H2,(H,46,50)(H,47,51)(H,48,49)/b39-27+. The van der Waals surface area contributed by atoms with E-state index in [1.54, 1.807) is 66.7 Å². The van der Waals surface area contributed by atoms with Gasteiger partial charge in [-0.05, 0) is 77.4 Å². The summed E-state index contributed by atoms with van der Waals surface area (Å²) in [7, 11) is 0. The second-order valence-electron chi connectivity index (χ2n) is 12.5. The maximum Gasteiger partial charge on any atom is 0.272 e. The minimum Gasteiger partial charge on any atom is -0.489 e. The lowest BCUT2D eigenvalue weighted by molar-refractivity contribution is -0.116. The Kier molecular flexibility index (Phi) is 11.9. The van der Waals surface area contributed by atoms with E-state index >= 15 is 0 Å². The molecule has 3 N–H and O–H groups in total. The molecule has 10 heteroatoms. The molecule has 0 radical (unpaired) electrons. The highest BCUT2D eigenvalue weighted by Crippen LogP contribution is 2.38. The van der Waals surface area contributed by atoms with Crippen molar-refractivity contribution in [3.63, 3.8) is 0 Å². The molecule has 0 saturated carbocycles. The van der Waals surface area contributed by atoms with Gasteiger partial charge in [0.15, 0.2) is 11.5 Å². The molecular weight excluding hydrogens is 711 g/mol. The van der Waals surface area contributed by atoms with E-state index in [0.29, 0.717) is 59.6 Å². The van der Waals surface area contributed by atoms with Crippen molar-refractivity contribution in [3.05, 3.63) is 186 Å². The Hall–Kier alpha value is -6.78. The number of rotatable bonds is 13. The van der Waals surface area contributed by atoms with Crippen molar-refractivity contribution in [1.29, 1.82) is 0 Å². The number of hydrogen-bond acceptors (Lipinski definition) is 7. The van der Waals surface area contributed by atoms with Crippen molar-refractivity contribution in [2.45, 2.75) is 16.8 Å². The molecule has 9 nitrogen and oxygen atoms in total. The number of carbonyl (C=O) groups excluding carboxylic acids is 3. The molecule has 1 atom stereocenters. The van der Waals surface area contributed by atoms with Crippen LogP contribution < -0.4 is 30.2 Å². The third kappa shape index (κ3) is 10.0. The molecule has 6 aromatic rings. The summed E-state index contributed by atoms with van der Waals surface area (Å²) in [5.41, 5.74) is 4.07. The van der Waals surface area contributed by atoms with Crippen molar-refractivity contribution in [2.24, 2.45) is 0 Å². The maximum absolute atomic E-state index is 13.9. The van der Waals surface area contributed by atoms with E-state index < -0.39 is 17.1 Å². The molecule has 0 aromatic heterocycles. The van der Waals surface area contributed by atoms with Crippen molar-refractivity contribution in [2.75, 3.05) is 23.8 Å². The zero-order valence-electron chi connectivity index (χ0n) is 29.6. The molecule has 1 heterocycles. The second kappa shape index (κ2) is 17.8. The van der Waals surface area contributed by atoms with Crippen LogP contribution in [-0.4, -0.2) is 30.9 Å². The van der Waals surface area contributed by atoms with Crippen LogP contribution in [0.3, 0.4) is 0 Å². The van der Waals surface area contributed by atoms with Crippen molar-refractivity contribution in [1.82, 2.24) is 5.32 Å². The Labute approximate surface area is 323 Å². The lowest BCUT2D eigenvalue weighted by Crippen LogP contribution is -2.30. The van der Waals surface area contributed by atoms with Crippen LogP contribution in [0, 0.1) is 0 Å². The van der Waals surface area contributed by atoms with Crippen molar-refractivity contribution in [3.8, 4) is 17.2 Å². The Morgan fingerprint density at radius 3 is 2.09 bits per heavy atom. The fraction of sp³-hybridized carbons (Fsp3) is 0.0889. The Morgan fingerprint density at radius 1 is 0.673 bits per heavy atom. The molecule has 1 aliphatic rings. The van der Waals surface area contributed by atoms with E-state index in [1.165, 1.54) is 11.8 Å². The number of fused-ring (bicyclic) bond motifs is 1. The maximum atomic E-state index is 13.9. The number of hydrogen-bond donors (Lipinski definition) is 3. The molecule has 1 unspecified atom stereocenters. The summed E-state index contributed by atoms with van der Waals surface area (Å²) in [6.07, 6.45) is 1.61. The van der Waals surface area contributed by atoms with Gasteiger partial charge in [-0.15, -0.1) is 11.8 Å². The normalized spacial score (nSPS) is 12.5. The molecule has 1 aliphatic heterocycles. The molecule has 0 saturated heterocycles. The zero-order valence-corrected chi connectivity index (χ0v) is 30.5. The topological polar surface area (TPSA) is 115 Å². The van der Waals surface area contributed by atoms with Crippen molar-refractivity contribution >= 4 is 46.9 Å². The van der Waals surface area contributed by atoms with Gasteiger partial charge in [0.1, 0.15) is 36.5 Å². The van der Waals surface area contributed by atoms with Gasteiger partial charge in [0.25, 0.3) is 11.8 Å². The fourth-order valence-corrected chi connectivity index (χ4v) is 6.81. The second-order valence-corrected chi connectivity index (χ2v) is 13.6. The highest BCUT2D eigenvalue weighted by Gasteiger charge is 2.24. The smallest absolute Gasteiger partial charge is 0.272 e. The van der Waals surface area contributed by atoms with Gasteiger partial charge >= 0.3 is 0 Å². The van der Waals surface area contributed by atoms with Crippen LogP contribution in [0.15, 0.2) is 168 Å². The summed E-state index contributed by atoms with van der Waals surface area (Å²) in [6, 6.07) is 47.9. The zero-order chi connectivity index (χ0) is 37.8. The molecule has 3 amide bonds. The largest absolute Gasteiger partial charge is 0.489 e. The first-order valence-electron chi connectivity index (χ1n) is 17.7. The number of carbonyl (C=O) groups is 3. The van der Waals surface area contributed by atoms with E-state index in [0.717, 1.165) is 16.0 Å². The van der Waals surface area contributed by atoms with E-state index in [-0.39, 0.29) is 11.6 Å². The Bertz CT molecular complexity index is 2280. The van der Waals surface area contributed by atoms with Gasteiger partial charge < -0.3 is 30.2 Å². The quantitative estimate of drug-likeness (QED) is 0.0799. The monoisotopic (exact) mass is 747 g/mol. The van der Waals surface area contributed by atoms with Crippen LogP contribution >= 0.6 is 11.8 Å². The third-order valence-electron chi connectivity index (χ3n) is 8.46. The van der Waals surface area contributed by atoms with Gasteiger partial charge in [0.05, 0.1) is 0 Å². The third-order valence-corrected chi connectivity index (χ3v) is 9.71. The molecule has 0 bridgehead atoms. The molecule has 0 spiro atoms. The average molecular weight is 748 g/mol. The summed E-state index contributed by atoms with van der Waals surface area (Å²) in [5.74, 6) is 0.707. The first kappa shape index (κ1) is 36.6. The van der Waals surface area contributed by atoms with E-state index in [9.17, 15) is 14.4 Å². The molecule has 0 aliphatic carbocycles. The molecule has 0 fully saturated rings. The highest BCUT2D eigenvalue weighted by molar-refractivity contribution is 8.00. The number of amides is 3. The number of ether oxygens (including phenoxy) is 3. The summed E-state index contributed by atoms with van der Waals surface area (Å²) in [6.45, 7) is 1.34. The van der Waals surface area contributed by atoms with Crippen LogP contribution in [0.2, 0.25) is 0 Å². The summed E-state index contributed by atoms with van der Waals surface area (Å²) in [4.78, 5) is 41.7. The minimum atomic E-state index is -0.624. The molecule has 7 rings (SSSR count). The predicted octanol–water partition coefficient (Wildman–Crippen LogP) is 8.92. The summed E-state index contributed by atoms with van der Waals surface area (Å²) < 4.78 is 17.3. The summed E-state index contributed by atoms with van der Waals surface area (Å²) >= 11 is 1.35. The van der Waals surface area contributed by atoms with Crippen LogP contribution in [-0.2, 0) is 16.2 Å². The van der Waals surface area contributed by atoms with Gasteiger partial charge in [-0.3, -0.25) is 14.4 Å². The summed E-state index contributed by atoms with van der Waals surface area (Å²) in [5, 5.41) is 8.13. The van der Waals surface area contributed by atoms with Crippen LogP contribution in [0.1, 0.15) is 32.3 Å². The predicted molar refractivity (Wildman–Crippen MR) is 215 cm³/mol. The first-order chi connectivity index (χ1) is 27.0. The average Bonchev–Trinajstić information content (AvgIpc) is 3.23. The van der Waals surface area contributed by atoms with E-state index in [4.69, 9.17) is 14.2 Å². The van der Waals surface area contributed by atoms with Crippen molar-refractivity contribution < 1.29 is 28.6 Å². The Balaban J connectivity index is 1.08. The number of anilines is 2. The van der Waals surface area contributed by atoms with Gasteiger partial charge in [-0.1, -0.05) is 97.1 Å².